The van der Waals surface area contributed by atoms with Crippen LogP contribution in [-0.4, -0.2) is 30.5 Å². The third kappa shape index (κ3) is 3.43. The van der Waals surface area contributed by atoms with Gasteiger partial charge in [-0.25, -0.2) is 9.78 Å². The molecule has 1 aromatic heterocycles. The number of ether oxygens (including phenoxy) is 1. The maximum absolute atomic E-state index is 12.6. The Morgan fingerprint density at radius 3 is 2.50 bits per heavy atom. The molecule has 1 amide bonds. The van der Waals surface area contributed by atoms with Crippen molar-refractivity contribution in [3.05, 3.63) is 58.9 Å². The minimum atomic E-state index is -0.561. The minimum Gasteiger partial charge on any atom is -0.449 e. The van der Waals surface area contributed by atoms with Crippen molar-refractivity contribution in [1.82, 2.24) is 4.98 Å². The molecule has 22 heavy (non-hydrogen) atoms. The number of pyridine rings is 1. The molecule has 0 radical (unpaired) electrons. The summed E-state index contributed by atoms with van der Waals surface area (Å²) in [5, 5.41) is 0.181. The summed E-state index contributed by atoms with van der Waals surface area (Å²) in [5.41, 5.74) is 0.918. The third-order valence-corrected chi connectivity index (χ3v) is 3.20. The van der Waals surface area contributed by atoms with Crippen LogP contribution in [-0.2, 0) is 4.74 Å². The Balaban J connectivity index is 2.44. The van der Waals surface area contributed by atoms with E-state index in [1.54, 1.807) is 37.3 Å². The SMILES string of the molecule is CCOC(=O)N(C)c1ccc(Cl)nc1C(=O)c1ccccc1. The lowest BCUT2D eigenvalue weighted by atomic mass is 10.1. The zero-order chi connectivity index (χ0) is 16.1. The summed E-state index contributed by atoms with van der Waals surface area (Å²) >= 11 is 5.90. The largest absolute Gasteiger partial charge is 0.449 e. The van der Waals surface area contributed by atoms with E-state index in [1.165, 1.54) is 18.0 Å². The molecule has 0 saturated heterocycles. The van der Waals surface area contributed by atoms with Crippen LogP contribution in [0.25, 0.3) is 0 Å². The molecule has 0 unspecified atom stereocenters. The van der Waals surface area contributed by atoms with Crippen LogP contribution in [0.5, 0.6) is 0 Å². The number of amides is 1. The van der Waals surface area contributed by atoms with Crippen LogP contribution >= 0.6 is 11.6 Å². The number of rotatable bonds is 4. The first-order valence-corrected chi connectivity index (χ1v) is 7.09. The van der Waals surface area contributed by atoms with E-state index >= 15 is 0 Å². The molecule has 0 bridgehead atoms. The Morgan fingerprint density at radius 2 is 1.86 bits per heavy atom. The normalized spacial score (nSPS) is 10.1. The Hall–Kier alpha value is -2.40. The van der Waals surface area contributed by atoms with E-state index in [1.807, 2.05) is 6.07 Å². The first kappa shape index (κ1) is 16.0. The van der Waals surface area contributed by atoms with Gasteiger partial charge in [0, 0.05) is 12.6 Å². The number of nitrogens with zero attached hydrogens (tertiary/aromatic N) is 2. The Bertz CT molecular complexity index is 689. The smallest absolute Gasteiger partial charge is 0.414 e. The van der Waals surface area contributed by atoms with Gasteiger partial charge in [0.25, 0.3) is 0 Å². The van der Waals surface area contributed by atoms with E-state index in [0.29, 0.717) is 11.3 Å². The minimum absolute atomic E-state index is 0.106. The van der Waals surface area contributed by atoms with Gasteiger partial charge in [-0.3, -0.25) is 9.69 Å². The van der Waals surface area contributed by atoms with Crippen molar-refractivity contribution in [2.24, 2.45) is 0 Å². The molecule has 1 heterocycles. The second-order valence-electron chi connectivity index (χ2n) is 4.45. The molecule has 0 fully saturated rings. The van der Waals surface area contributed by atoms with Gasteiger partial charge >= 0.3 is 6.09 Å². The van der Waals surface area contributed by atoms with Crippen molar-refractivity contribution in [2.75, 3.05) is 18.6 Å². The lowest BCUT2D eigenvalue weighted by Gasteiger charge is -2.19. The highest BCUT2D eigenvalue weighted by Gasteiger charge is 2.22. The van der Waals surface area contributed by atoms with Crippen LogP contribution in [0.15, 0.2) is 42.5 Å². The first-order valence-electron chi connectivity index (χ1n) is 6.71. The van der Waals surface area contributed by atoms with Gasteiger partial charge < -0.3 is 4.74 Å². The van der Waals surface area contributed by atoms with Crippen LogP contribution in [0.3, 0.4) is 0 Å². The fraction of sp³-hybridized carbons (Fsp3) is 0.188. The van der Waals surface area contributed by atoms with Crippen molar-refractivity contribution in [3.8, 4) is 0 Å². The molecule has 2 aromatic rings. The summed E-state index contributed by atoms with van der Waals surface area (Å²) in [6.07, 6.45) is -0.561. The summed E-state index contributed by atoms with van der Waals surface area (Å²) in [7, 11) is 1.52. The van der Waals surface area contributed by atoms with Gasteiger partial charge in [-0.15, -0.1) is 0 Å². The molecular weight excluding hydrogens is 304 g/mol. The number of benzene rings is 1. The van der Waals surface area contributed by atoms with Gasteiger partial charge in [0.2, 0.25) is 5.78 Å². The third-order valence-electron chi connectivity index (χ3n) is 2.99. The average Bonchev–Trinajstić information content (AvgIpc) is 2.54. The summed E-state index contributed by atoms with van der Waals surface area (Å²) in [4.78, 5) is 29.8. The highest BCUT2D eigenvalue weighted by Crippen LogP contribution is 2.23. The Labute approximate surface area is 133 Å². The first-order chi connectivity index (χ1) is 10.5. The number of hydrogen-bond acceptors (Lipinski definition) is 4. The molecule has 2 rings (SSSR count). The van der Waals surface area contributed by atoms with E-state index in [-0.39, 0.29) is 23.2 Å². The number of anilines is 1. The van der Waals surface area contributed by atoms with Crippen molar-refractivity contribution < 1.29 is 14.3 Å². The zero-order valence-corrected chi connectivity index (χ0v) is 13.0. The molecule has 5 nitrogen and oxygen atoms in total. The molecular formula is C16H15ClN2O3. The van der Waals surface area contributed by atoms with Crippen molar-refractivity contribution >= 4 is 29.2 Å². The summed E-state index contributed by atoms with van der Waals surface area (Å²) in [5.74, 6) is -0.311. The number of carbonyl (C=O) groups excluding carboxylic acids is 2. The van der Waals surface area contributed by atoms with Gasteiger partial charge in [-0.1, -0.05) is 41.9 Å². The fourth-order valence-electron chi connectivity index (χ4n) is 1.91. The van der Waals surface area contributed by atoms with Gasteiger partial charge in [0.05, 0.1) is 12.3 Å². The van der Waals surface area contributed by atoms with E-state index < -0.39 is 6.09 Å². The molecule has 0 N–H and O–H groups in total. The fourth-order valence-corrected chi connectivity index (χ4v) is 2.06. The van der Waals surface area contributed by atoms with E-state index in [9.17, 15) is 9.59 Å². The zero-order valence-electron chi connectivity index (χ0n) is 12.2. The second kappa shape index (κ2) is 7.04. The number of hydrogen-bond donors (Lipinski definition) is 0. The van der Waals surface area contributed by atoms with Crippen LogP contribution in [0.1, 0.15) is 23.0 Å². The lowest BCUT2D eigenvalue weighted by molar-refractivity contribution is 0.103. The van der Waals surface area contributed by atoms with Crippen molar-refractivity contribution in [2.45, 2.75) is 6.92 Å². The van der Waals surface area contributed by atoms with Crippen LogP contribution in [0.2, 0.25) is 5.15 Å². The van der Waals surface area contributed by atoms with E-state index in [4.69, 9.17) is 16.3 Å². The second-order valence-corrected chi connectivity index (χ2v) is 4.84. The van der Waals surface area contributed by atoms with Crippen molar-refractivity contribution in [3.63, 3.8) is 0 Å². The molecule has 114 valence electrons. The maximum Gasteiger partial charge on any atom is 0.414 e. The summed E-state index contributed by atoms with van der Waals surface area (Å²) in [6.45, 7) is 1.95. The molecule has 0 atom stereocenters. The van der Waals surface area contributed by atoms with Crippen LogP contribution in [0.4, 0.5) is 10.5 Å². The Morgan fingerprint density at radius 1 is 1.18 bits per heavy atom. The topological polar surface area (TPSA) is 59.5 Å². The van der Waals surface area contributed by atoms with Gasteiger partial charge in [0.1, 0.15) is 10.8 Å². The van der Waals surface area contributed by atoms with E-state index in [2.05, 4.69) is 4.98 Å². The maximum atomic E-state index is 12.6. The lowest BCUT2D eigenvalue weighted by Crippen LogP contribution is -2.29. The Kier molecular flexibility index (Phi) is 5.12. The predicted octanol–water partition coefficient (Wildman–Crippen LogP) is 3.56. The number of aromatic nitrogens is 1. The van der Waals surface area contributed by atoms with Crippen LogP contribution in [0, 0.1) is 0 Å². The molecule has 0 saturated carbocycles. The number of carbonyl (C=O) groups is 2. The van der Waals surface area contributed by atoms with E-state index in [0.717, 1.165) is 0 Å². The molecule has 0 aliphatic carbocycles. The predicted molar refractivity (Wildman–Crippen MR) is 84.5 cm³/mol. The van der Waals surface area contributed by atoms with Gasteiger partial charge in [-0.2, -0.15) is 0 Å². The molecule has 1 aromatic carbocycles. The van der Waals surface area contributed by atoms with Gasteiger partial charge in [0.15, 0.2) is 0 Å². The highest BCUT2D eigenvalue weighted by atomic mass is 35.5. The highest BCUT2D eigenvalue weighted by molar-refractivity contribution is 6.30. The molecule has 6 heteroatoms. The standard InChI is InChI=1S/C16H15ClN2O3/c1-3-22-16(21)19(2)12-9-10-13(17)18-14(12)15(20)11-7-5-4-6-8-11/h4-10H,3H2,1-2H3. The molecule has 0 aliphatic rings. The number of ketones is 1. The van der Waals surface area contributed by atoms with Gasteiger partial charge in [-0.05, 0) is 19.1 Å². The number of halogens is 1. The molecule has 0 spiro atoms. The monoisotopic (exact) mass is 318 g/mol. The average molecular weight is 319 g/mol. The summed E-state index contributed by atoms with van der Waals surface area (Å²) < 4.78 is 4.94. The van der Waals surface area contributed by atoms with Crippen molar-refractivity contribution in [1.29, 1.82) is 0 Å². The quantitative estimate of drug-likeness (QED) is 0.639. The molecule has 0 aliphatic heterocycles. The summed E-state index contributed by atoms with van der Waals surface area (Å²) in [6, 6.07) is 11.8. The van der Waals surface area contributed by atoms with Crippen LogP contribution < -0.4 is 4.90 Å².